The number of aromatic nitrogens is 1. The lowest BCUT2D eigenvalue weighted by Gasteiger charge is -2.28. The lowest BCUT2D eigenvalue weighted by atomic mass is 9.93. The molecule has 0 bridgehead atoms. The van der Waals surface area contributed by atoms with E-state index in [9.17, 15) is 9.18 Å². The van der Waals surface area contributed by atoms with Crippen LogP contribution in [0.1, 0.15) is 54.2 Å². The van der Waals surface area contributed by atoms with Gasteiger partial charge in [-0.1, -0.05) is 17.7 Å². The molecule has 3 nitrogen and oxygen atoms in total. The number of halogens is 2. The van der Waals surface area contributed by atoms with Gasteiger partial charge in [0.15, 0.2) is 0 Å². The minimum atomic E-state index is -0.694. The Balaban J connectivity index is 1.84. The number of hydrogen-bond acceptors (Lipinski definition) is 1. The van der Waals surface area contributed by atoms with E-state index in [1.54, 1.807) is 18.3 Å². The second-order valence-electron chi connectivity index (χ2n) is 6.28. The smallest absolute Gasteiger partial charge is 0.253 e. The Bertz CT molecular complexity index is 719. The first-order valence-electron chi connectivity index (χ1n) is 7.34. The van der Waals surface area contributed by atoms with Crippen molar-refractivity contribution in [3.63, 3.8) is 0 Å². The molecule has 0 aliphatic heterocycles. The van der Waals surface area contributed by atoms with Crippen molar-refractivity contribution in [1.82, 2.24) is 10.3 Å². The van der Waals surface area contributed by atoms with Gasteiger partial charge in [-0.3, -0.25) is 4.79 Å². The fourth-order valence-corrected chi connectivity index (χ4v) is 3.11. The van der Waals surface area contributed by atoms with Crippen LogP contribution in [0.15, 0.2) is 30.5 Å². The third-order valence-electron chi connectivity index (χ3n) is 4.04. The van der Waals surface area contributed by atoms with Crippen LogP contribution in [-0.2, 0) is 5.54 Å². The van der Waals surface area contributed by atoms with Crippen LogP contribution in [0.4, 0.5) is 4.39 Å². The van der Waals surface area contributed by atoms with Crippen LogP contribution < -0.4 is 5.32 Å². The maximum Gasteiger partial charge on any atom is 0.253 e. The summed E-state index contributed by atoms with van der Waals surface area (Å²) in [4.78, 5) is 15.7. The summed E-state index contributed by atoms with van der Waals surface area (Å²) >= 11 is 6.12. The predicted octanol–water partition coefficient (Wildman–Crippen LogP) is 4.35. The van der Waals surface area contributed by atoms with E-state index in [4.69, 9.17) is 11.6 Å². The van der Waals surface area contributed by atoms with Gasteiger partial charge in [0, 0.05) is 16.9 Å². The topological polar surface area (TPSA) is 44.9 Å². The number of hydrogen-bond donors (Lipinski definition) is 2. The molecule has 1 aliphatic rings. The van der Waals surface area contributed by atoms with Crippen molar-refractivity contribution in [2.75, 3.05) is 0 Å². The molecule has 2 aromatic rings. The number of nitrogens with one attached hydrogen (secondary N) is 2. The SMILES string of the molecule is CC(C)(NC(=O)c1cc[nH]c1C1CC1)c1ccc(F)cc1Cl. The molecule has 5 heteroatoms. The highest BCUT2D eigenvalue weighted by atomic mass is 35.5. The summed E-state index contributed by atoms with van der Waals surface area (Å²) in [5.74, 6) is -0.0701. The van der Waals surface area contributed by atoms with Gasteiger partial charge in [-0.25, -0.2) is 4.39 Å². The third-order valence-corrected chi connectivity index (χ3v) is 4.35. The number of H-pyrrole nitrogens is 1. The molecule has 1 saturated carbocycles. The van der Waals surface area contributed by atoms with Gasteiger partial charge in [-0.15, -0.1) is 0 Å². The summed E-state index contributed by atoms with van der Waals surface area (Å²) in [6.45, 7) is 3.71. The van der Waals surface area contributed by atoms with Crippen molar-refractivity contribution in [1.29, 1.82) is 0 Å². The van der Waals surface area contributed by atoms with Crippen LogP contribution in [0.2, 0.25) is 5.02 Å². The van der Waals surface area contributed by atoms with Crippen LogP contribution in [0.25, 0.3) is 0 Å². The first-order chi connectivity index (χ1) is 10.4. The van der Waals surface area contributed by atoms with Gasteiger partial charge in [0.2, 0.25) is 0 Å². The molecule has 1 aromatic heterocycles. The molecule has 2 N–H and O–H groups in total. The maximum absolute atomic E-state index is 13.2. The van der Waals surface area contributed by atoms with E-state index >= 15 is 0 Å². The van der Waals surface area contributed by atoms with Crippen molar-refractivity contribution < 1.29 is 9.18 Å². The standard InChI is InChI=1S/C17H18ClFN2O/c1-17(2,13-6-5-11(19)9-14(13)18)21-16(22)12-7-8-20-15(12)10-3-4-10/h5-10,20H,3-4H2,1-2H3,(H,21,22). The van der Waals surface area contributed by atoms with Gasteiger partial charge >= 0.3 is 0 Å². The lowest BCUT2D eigenvalue weighted by molar-refractivity contribution is 0.0911. The summed E-state index contributed by atoms with van der Waals surface area (Å²) < 4.78 is 13.2. The summed E-state index contributed by atoms with van der Waals surface area (Å²) in [5, 5.41) is 3.30. The monoisotopic (exact) mass is 320 g/mol. The Labute approximate surface area is 133 Å². The van der Waals surface area contributed by atoms with E-state index in [0.717, 1.165) is 18.5 Å². The highest BCUT2D eigenvalue weighted by molar-refractivity contribution is 6.31. The molecule has 116 valence electrons. The number of benzene rings is 1. The number of amides is 1. The molecule has 1 fully saturated rings. The van der Waals surface area contributed by atoms with Crippen LogP contribution in [0.5, 0.6) is 0 Å². The number of carbonyl (C=O) groups is 1. The largest absolute Gasteiger partial charge is 0.364 e. The van der Waals surface area contributed by atoms with E-state index in [0.29, 0.717) is 22.1 Å². The fourth-order valence-electron chi connectivity index (χ4n) is 2.70. The van der Waals surface area contributed by atoms with E-state index in [1.807, 2.05) is 13.8 Å². The zero-order valence-corrected chi connectivity index (χ0v) is 13.3. The van der Waals surface area contributed by atoms with E-state index < -0.39 is 11.4 Å². The summed E-state index contributed by atoms with van der Waals surface area (Å²) in [6.07, 6.45) is 4.03. The maximum atomic E-state index is 13.2. The molecule has 3 rings (SSSR count). The van der Waals surface area contributed by atoms with E-state index in [2.05, 4.69) is 10.3 Å². The number of carbonyl (C=O) groups excluding carboxylic acids is 1. The Morgan fingerprint density at radius 2 is 2.09 bits per heavy atom. The van der Waals surface area contributed by atoms with Crippen LogP contribution in [0, 0.1) is 5.82 Å². The predicted molar refractivity (Wildman–Crippen MR) is 84.7 cm³/mol. The summed E-state index contributed by atoms with van der Waals surface area (Å²) in [6, 6.07) is 6.01. The first-order valence-corrected chi connectivity index (χ1v) is 7.71. The van der Waals surface area contributed by atoms with Crippen LogP contribution in [-0.4, -0.2) is 10.9 Å². The van der Waals surface area contributed by atoms with Gasteiger partial charge in [-0.2, -0.15) is 0 Å². The fraction of sp³-hybridized carbons (Fsp3) is 0.353. The van der Waals surface area contributed by atoms with Gasteiger partial charge in [0.1, 0.15) is 5.82 Å². The Hall–Kier alpha value is -1.81. The molecule has 0 radical (unpaired) electrons. The van der Waals surface area contributed by atoms with Crippen molar-refractivity contribution in [3.05, 3.63) is 58.1 Å². The molecule has 0 saturated heterocycles. The minimum absolute atomic E-state index is 0.145. The Morgan fingerprint density at radius 1 is 1.36 bits per heavy atom. The van der Waals surface area contributed by atoms with E-state index in [-0.39, 0.29) is 5.91 Å². The molecule has 22 heavy (non-hydrogen) atoms. The molecule has 1 aromatic carbocycles. The Morgan fingerprint density at radius 3 is 2.73 bits per heavy atom. The molecule has 0 atom stereocenters. The Kier molecular flexibility index (Phi) is 3.73. The minimum Gasteiger partial charge on any atom is -0.364 e. The van der Waals surface area contributed by atoms with Crippen LogP contribution >= 0.6 is 11.6 Å². The van der Waals surface area contributed by atoms with Gasteiger partial charge < -0.3 is 10.3 Å². The van der Waals surface area contributed by atoms with Crippen molar-refractivity contribution in [3.8, 4) is 0 Å². The average molecular weight is 321 g/mol. The second kappa shape index (κ2) is 5.43. The lowest BCUT2D eigenvalue weighted by Crippen LogP contribution is -2.41. The average Bonchev–Trinajstić information content (AvgIpc) is 3.14. The molecule has 1 aliphatic carbocycles. The molecular formula is C17H18ClFN2O. The number of aromatic amines is 1. The molecule has 1 amide bonds. The second-order valence-corrected chi connectivity index (χ2v) is 6.69. The zero-order valence-electron chi connectivity index (χ0n) is 12.5. The number of rotatable bonds is 4. The van der Waals surface area contributed by atoms with Gasteiger partial charge in [0.25, 0.3) is 5.91 Å². The van der Waals surface area contributed by atoms with Crippen molar-refractivity contribution in [2.45, 2.75) is 38.1 Å². The highest BCUT2D eigenvalue weighted by Gasteiger charge is 2.31. The summed E-state index contributed by atoms with van der Waals surface area (Å²) in [7, 11) is 0. The van der Waals surface area contributed by atoms with Crippen molar-refractivity contribution >= 4 is 17.5 Å². The van der Waals surface area contributed by atoms with Gasteiger partial charge in [0.05, 0.1) is 11.1 Å². The van der Waals surface area contributed by atoms with Gasteiger partial charge in [-0.05, 0) is 56.4 Å². The van der Waals surface area contributed by atoms with E-state index in [1.165, 1.54) is 12.1 Å². The zero-order chi connectivity index (χ0) is 15.9. The molecule has 0 spiro atoms. The quantitative estimate of drug-likeness (QED) is 0.864. The van der Waals surface area contributed by atoms with Crippen LogP contribution in [0.3, 0.4) is 0 Å². The molecular weight excluding hydrogens is 303 g/mol. The molecule has 1 heterocycles. The normalized spacial score (nSPS) is 14.9. The first kappa shape index (κ1) is 15.1. The third kappa shape index (κ3) is 2.88. The van der Waals surface area contributed by atoms with Crippen molar-refractivity contribution in [2.24, 2.45) is 0 Å². The highest BCUT2D eigenvalue weighted by Crippen LogP contribution is 2.41. The summed E-state index contributed by atoms with van der Waals surface area (Å²) in [5.41, 5.74) is 1.67. The molecule has 0 unspecified atom stereocenters.